The SMILES string of the molecule is O=C1N/C(=N\N=C\c2c(-c3ccccc3)[nH]c3ccccc23)SC1Cc1ccc(F)cc1. The molecule has 2 heterocycles. The van der Waals surface area contributed by atoms with Gasteiger partial charge in [0.15, 0.2) is 5.17 Å². The zero-order valence-electron chi connectivity index (χ0n) is 17.0. The molecule has 7 heteroatoms. The smallest absolute Gasteiger partial charge is 0.239 e. The van der Waals surface area contributed by atoms with E-state index in [0.717, 1.165) is 33.3 Å². The monoisotopic (exact) mass is 442 g/mol. The summed E-state index contributed by atoms with van der Waals surface area (Å²) in [6.07, 6.45) is 2.22. The maximum Gasteiger partial charge on any atom is 0.239 e. The van der Waals surface area contributed by atoms with E-state index >= 15 is 0 Å². The van der Waals surface area contributed by atoms with Crippen LogP contribution in [0, 0.1) is 5.82 Å². The van der Waals surface area contributed by atoms with Gasteiger partial charge in [-0.1, -0.05) is 72.4 Å². The number of nitrogens with zero attached hydrogens (tertiary/aromatic N) is 2. The summed E-state index contributed by atoms with van der Waals surface area (Å²) in [5.74, 6) is -0.411. The van der Waals surface area contributed by atoms with Gasteiger partial charge in [-0.25, -0.2) is 4.39 Å². The molecule has 0 aliphatic carbocycles. The van der Waals surface area contributed by atoms with Crippen molar-refractivity contribution in [2.75, 3.05) is 0 Å². The molecule has 5 rings (SSSR count). The van der Waals surface area contributed by atoms with Crippen LogP contribution in [-0.2, 0) is 11.2 Å². The highest BCUT2D eigenvalue weighted by Gasteiger charge is 2.30. The molecule has 1 aliphatic heterocycles. The number of H-pyrrole nitrogens is 1. The van der Waals surface area contributed by atoms with E-state index in [1.165, 1.54) is 23.9 Å². The Morgan fingerprint density at radius 3 is 2.53 bits per heavy atom. The van der Waals surface area contributed by atoms with Crippen molar-refractivity contribution in [1.82, 2.24) is 10.3 Å². The van der Waals surface area contributed by atoms with Gasteiger partial charge in [0.25, 0.3) is 0 Å². The zero-order chi connectivity index (χ0) is 21.9. The van der Waals surface area contributed by atoms with E-state index in [4.69, 9.17) is 0 Å². The van der Waals surface area contributed by atoms with Gasteiger partial charge in [-0.2, -0.15) is 5.10 Å². The van der Waals surface area contributed by atoms with Gasteiger partial charge < -0.3 is 10.3 Å². The Kier molecular flexibility index (Phi) is 5.56. The Hall–Kier alpha value is -3.71. The van der Waals surface area contributed by atoms with Crippen LogP contribution in [0.2, 0.25) is 0 Å². The van der Waals surface area contributed by atoms with Crippen LogP contribution in [0.15, 0.2) is 89.1 Å². The maximum absolute atomic E-state index is 13.1. The third-order valence-electron chi connectivity index (χ3n) is 5.25. The number of rotatable bonds is 5. The number of hydrogen-bond donors (Lipinski definition) is 2. The molecule has 1 atom stereocenters. The van der Waals surface area contributed by atoms with Gasteiger partial charge in [0, 0.05) is 16.5 Å². The first-order valence-corrected chi connectivity index (χ1v) is 11.0. The third-order valence-corrected chi connectivity index (χ3v) is 6.33. The molecule has 1 fully saturated rings. The molecule has 0 saturated carbocycles. The van der Waals surface area contributed by atoms with Crippen molar-refractivity contribution in [2.24, 2.45) is 10.2 Å². The fraction of sp³-hybridized carbons (Fsp3) is 0.0800. The minimum absolute atomic E-state index is 0.120. The number of amides is 1. The Morgan fingerprint density at radius 1 is 0.969 bits per heavy atom. The molecule has 4 aromatic rings. The highest BCUT2D eigenvalue weighted by Crippen LogP contribution is 2.29. The minimum Gasteiger partial charge on any atom is -0.354 e. The lowest BCUT2D eigenvalue weighted by Crippen LogP contribution is -2.25. The number of thioether (sulfide) groups is 1. The van der Waals surface area contributed by atoms with Crippen LogP contribution in [0.3, 0.4) is 0 Å². The van der Waals surface area contributed by atoms with E-state index in [1.807, 2.05) is 54.6 Å². The minimum atomic E-state index is -0.317. The predicted molar refractivity (Wildman–Crippen MR) is 128 cm³/mol. The quantitative estimate of drug-likeness (QED) is 0.332. The number of para-hydroxylation sites is 1. The Morgan fingerprint density at radius 2 is 1.72 bits per heavy atom. The fourth-order valence-corrected chi connectivity index (χ4v) is 4.66. The van der Waals surface area contributed by atoms with Gasteiger partial charge in [-0.15, -0.1) is 5.10 Å². The van der Waals surface area contributed by atoms with Gasteiger partial charge >= 0.3 is 0 Å². The second-order valence-corrected chi connectivity index (χ2v) is 8.59. The molecule has 2 N–H and O–H groups in total. The van der Waals surface area contributed by atoms with Crippen molar-refractivity contribution in [3.8, 4) is 11.3 Å². The van der Waals surface area contributed by atoms with E-state index < -0.39 is 0 Å². The van der Waals surface area contributed by atoms with E-state index in [2.05, 4.69) is 20.5 Å². The lowest BCUT2D eigenvalue weighted by molar-refractivity contribution is -0.118. The number of halogens is 1. The molecule has 1 saturated heterocycles. The Balaban J connectivity index is 1.38. The topological polar surface area (TPSA) is 69.6 Å². The molecule has 1 aliphatic rings. The number of hydrogen-bond acceptors (Lipinski definition) is 4. The highest BCUT2D eigenvalue weighted by molar-refractivity contribution is 8.15. The number of aromatic nitrogens is 1. The largest absolute Gasteiger partial charge is 0.354 e. The van der Waals surface area contributed by atoms with Crippen molar-refractivity contribution in [1.29, 1.82) is 0 Å². The molecule has 0 spiro atoms. The number of nitrogens with one attached hydrogen (secondary N) is 2. The van der Waals surface area contributed by atoms with Gasteiger partial charge in [0.05, 0.1) is 17.2 Å². The summed E-state index contributed by atoms with van der Waals surface area (Å²) < 4.78 is 13.1. The third kappa shape index (κ3) is 4.20. The van der Waals surface area contributed by atoms with Crippen molar-refractivity contribution < 1.29 is 9.18 Å². The molecule has 1 amide bonds. The summed E-state index contributed by atoms with van der Waals surface area (Å²) in [5, 5.41) is 12.5. The Labute approximate surface area is 188 Å². The van der Waals surface area contributed by atoms with Crippen molar-refractivity contribution >= 4 is 40.0 Å². The first-order valence-electron chi connectivity index (χ1n) is 10.2. The standard InChI is InChI=1S/C25H19FN4OS/c26-18-12-10-16(11-13-18)14-22-24(31)29-25(32-22)30-27-15-20-19-8-4-5-9-21(19)28-23(20)17-6-2-1-3-7-17/h1-13,15,22,28H,14H2,(H,29,30,31)/b27-15+. The van der Waals surface area contributed by atoms with Crippen LogP contribution in [0.25, 0.3) is 22.2 Å². The first kappa shape index (κ1) is 20.2. The average Bonchev–Trinajstić information content (AvgIpc) is 3.36. The fourth-order valence-electron chi connectivity index (χ4n) is 3.69. The lowest BCUT2D eigenvalue weighted by atomic mass is 10.1. The Bertz CT molecular complexity index is 1330. The first-order chi connectivity index (χ1) is 15.7. The van der Waals surface area contributed by atoms with E-state index in [1.54, 1.807) is 18.3 Å². The number of benzene rings is 3. The summed E-state index contributed by atoms with van der Waals surface area (Å²) in [4.78, 5) is 15.8. The zero-order valence-corrected chi connectivity index (χ0v) is 17.8. The molecular weight excluding hydrogens is 423 g/mol. The molecule has 0 bridgehead atoms. The highest BCUT2D eigenvalue weighted by atomic mass is 32.2. The van der Waals surface area contributed by atoms with E-state index in [-0.39, 0.29) is 17.0 Å². The lowest BCUT2D eigenvalue weighted by Gasteiger charge is -2.04. The molecule has 1 unspecified atom stereocenters. The number of amidine groups is 1. The number of fused-ring (bicyclic) bond motifs is 1. The number of aromatic amines is 1. The normalized spacial score (nSPS) is 17.5. The molecule has 3 aromatic carbocycles. The molecule has 32 heavy (non-hydrogen) atoms. The van der Waals surface area contributed by atoms with Gasteiger partial charge in [-0.3, -0.25) is 4.79 Å². The van der Waals surface area contributed by atoms with E-state index in [9.17, 15) is 9.18 Å². The van der Waals surface area contributed by atoms with Crippen LogP contribution in [-0.4, -0.2) is 27.5 Å². The second kappa shape index (κ2) is 8.80. The van der Waals surface area contributed by atoms with Crippen molar-refractivity contribution in [2.45, 2.75) is 11.7 Å². The average molecular weight is 443 g/mol. The predicted octanol–water partition coefficient (Wildman–Crippen LogP) is 5.14. The van der Waals surface area contributed by atoms with E-state index in [0.29, 0.717) is 11.6 Å². The summed E-state index contributed by atoms with van der Waals surface area (Å²) in [5.41, 5.74) is 4.88. The summed E-state index contributed by atoms with van der Waals surface area (Å²) in [7, 11) is 0. The van der Waals surface area contributed by atoms with Crippen LogP contribution in [0.5, 0.6) is 0 Å². The number of carbonyl (C=O) groups excluding carboxylic acids is 1. The molecule has 1 aromatic heterocycles. The van der Waals surface area contributed by atoms with Crippen LogP contribution >= 0.6 is 11.8 Å². The summed E-state index contributed by atoms with van der Waals surface area (Å²) >= 11 is 1.33. The molecule has 0 radical (unpaired) electrons. The van der Waals surface area contributed by atoms with Crippen LogP contribution in [0.1, 0.15) is 11.1 Å². The number of carbonyl (C=O) groups is 1. The maximum atomic E-state index is 13.1. The molecule has 5 nitrogen and oxygen atoms in total. The van der Waals surface area contributed by atoms with Crippen molar-refractivity contribution in [3.05, 3.63) is 95.8 Å². The summed E-state index contributed by atoms with van der Waals surface area (Å²) in [6, 6.07) is 24.3. The van der Waals surface area contributed by atoms with Gasteiger partial charge in [0.2, 0.25) is 5.91 Å². The summed E-state index contributed by atoms with van der Waals surface area (Å²) in [6.45, 7) is 0. The second-order valence-electron chi connectivity index (χ2n) is 7.40. The molecular formula is C25H19FN4OS. The van der Waals surface area contributed by atoms with Crippen LogP contribution < -0.4 is 5.32 Å². The van der Waals surface area contributed by atoms with Crippen molar-refractivity contribution in [3.63, 3.8) is 0 Å². The van der Waals surface area contributed by atoms with Gasteiger partial charge in [-0.05, 0) is 35.7 Å². The van der Waals surface area contributed by atoms with Gasteiger partial charge in [0.1, 0.15) is 5.82 Å². The molecule has 158 valence electrons. The van der Waals surface area contributed by atoms with Crippen LogP contribution in [0.4, 0.5) is 4.39 Å².